The van der Waals surface area contributed by atoms with Crippen LogP contribution in [0.2, 0.25) is 0 Å². The Morgan fingerprint density at radius 3 is 2.52 bits per heavy atom. The Morgan fingerprint density at radius 1 is 1.43 bits per heavy atom. The minimum absolute atomic E-state index is 0.120. The number of hydrogen-bond acceptors (Lipinski definition) is 5. The van der Waals surface area contributed by atoms with Gasteiger partial charge < -0.3 is 15.2 Å². The highest BCUT2D eigenvalue weighted by Gasteiger charge is 2.21. The predicted molar refractivity (Wildman–Crippen MR) is 75.2 cm³/mol. The summed E-state index contributed by atoms with van der Waals surface area (Å²) in [6, 6.07) is 3.13. The van der Waals surface area contributed by atoms with Gasteiger partial charge in [0.1, 0.15) is 11.3 Å². The molecule has 1 atom stereocenters. The Hall–Kier alpha value is -1.80. The van der Waals surface area contributed by atoms with E-state index in [0.29, 0.717) is 6.54 Å². The smallest absolute Gasteiger partial charge is 0.339 e. The van der Waals surface area contributed by atoms with Crippen molar-refractivity contribution in [1.82, 2.24) is 5.32 Å². The van der Waals surface area contributed by atoms with Crippen molar-refractivity contribution in [2.24, 2.45) is 0 Å². The summed E-state index contributed by atoms with van der Waals surface area (Å²) in [5.41, 5.74) is -0.395. The molecule has 9 heteroatoms. The van der Waals surface area contributed by atoms with Gasteiger partial charge in [-0.3, -0.25) is 4.79 Å². The first-order valence-corrected chi connectivity index (χ1v) is 8.24. The Morgan fingerprint density at radius 2 is 2.05 bits per heavy atom. The van der Waals surface area contributed by atoms with E-state index in [2.05, 4.69) is 5.32 Å². The second-order valence-electron chi connectivity index (χ2n) is 4.06. The fraction of sp³-hybridized carbons (Fsp3) is 0.333. The van der Waals surface area contributed by atoms with Gasteiger partial charge in [0.05, 0.1) is 4.90 Å². The number of benzene rings is 1. The van der Waals surface area contributed by atoms with E-state index in [9.17, 15) is 18.0 Å². The van der Waals surface area contributed by atoms with Crippen LogP contribution in [-0.2, 0) is 13.8 Å². The number of carbonyl (C=O) groups is 2. The summed E-state index contributed by atoms with van der Waals surface area (Å²) in [4.78, 5) is 22.4. The number of carbonyl (C=O) groups excluding carboxylic acids is 1. The summed E-state index contributed by atoms with van der Waals surface area (Å²) in [6.45, 7) is 3.58. The molecule has 1 unspecified atom stereocenters. The van der Waals surface area contributed by atoms with E-state index < -0.39 is 32.6 Å². The zero-order valence-electron chi connectivity index (χ0n) is 11.3. The quantitative estimate of drug-likeness (QED) is 0.756. The average molecular weight is 336 g/mol. The Labute approximate surface area is 126 Å². The van der Waals surface area contributed by atoms with Gasteiger partial charge in [0.15, 0.2) is 6.10 Å². The maximum atomic E-state index is 11.6. The number of likely N-dealkylation sites (N-methyl/N-ethyl adjacent to an activating group) is 1. The lowest BCUT2D eigenvalue weighted by Crippen LogP contribution is -2.36. The molecule has 0 aliphatic heterocycles. The van der Waals surface area contributed by atoms with Gasteiger partial charge in [-0.2, -0.15) is 0 Å². The lowest BCUT2D eigenvalue weighted by molar-refractivity contribution is -0.127. The molecule has 1 aromatic carbocycles. The second-order valence-corrected chi connectivity index (χ2v) is 6.62. The molecule has 2 N–H and O–H groups in total. The van der Waals surface area contributed by atoms with Gasteiger partial charge in [-0.15, -0.1) is 0 Å². The van der Waals surface area contributed by atoms with Crippen molar-refractivity contribution in [3.8, 4) is 5.75 Å². The topological polar surface area (TPSA) is 110 Å². The van der Waals surface area contributed by atoms with Crippen LogP contribution in [0.4, 0.5) is 0 Å². The number of rotatable bonds is 6. The van der Waals surface area contributed by atoms with Crippen LogP contribution < -0.4 is 10.1 Å². The monoisotopic (exact) mass is 335 g/mol. The summed E-state index contributed by atoms with van der Waals surface area (Å²) in [6.07, 6.45) is -0.929. The fourth-order valence-corrected chi connectivity index (χ4v) is 2.27. The highest BCUT2D eigenvalue weighted by Crippen LogP contribution is 2.25. The van der Waals surface area contributed by atoms with Gasteiger partial charge in [0.25, 0.3) is 15.0 Å². The summed E-state index contributed by atoms with van der Waals surface area (Å²) >= 11 is 0. The number of halogens is 1. The van der Waals surface area contributed by atoms with Gasteiger partial charge >= 0.3 is 5.97 Å². The van der Waals surface area contributed by atoms with Crippen molar-refractivity contribution in [2.75, 3.05) is 6.54 Å². The lowest BCUT2D eigenvalue weighted by Gasteiger charge is -2.16. The molecule has 0 saturated carbocycles. The molecule has 0 aliphatic carbocycles. The summed E-state index contributed by atoms with van der Waals surface area (Å²) < 4.78 is 27.7. The molecule has 0 radical (unpaired) electrons. The Kier molecular flexibility index (Phi) is 5.56. The maximum Gasteiger partial charge on any atom is 0.339 e. The van der Waals surface area contributed by atoms with Gasteiger partial charge in [0.2, 0.25) is 0 Å². The second kappa shape index (κ2) is 6.77. The number of nitrogens with one attached hydrogen (secondary N) is 1. The van der Waals surface area contributed by atoms with Crippen molar-refractivity contribution >= 4 is 31.6 Å². The number of amides is 1. The molecule has 0 fully saturated rings. The molecule has 0 heterocycles. The first-order valence-electron chi connectivity index (χ1n) is 5.93. The molecular weight excluding hydrogens is 322 g/mol. The molecule has 7 nitrogen and oxygen atoms in total. The van der Waals surface area contributed by atoms with Gasteiger partial charge in [-0.1, -0.05) is 0 Å². The molecule has 1 amide bonds. The van der Waals surface area contributed by atoms with Crippen molar-refractivity contribution in [3.05, 3.63) is 23.8 Å². The van der Waals surface area contributed by atoms with Crippen molar-refractivity contribution < 1.29 is 27.9 Å². The number of hydrogen-bond donors (Lipinski definition) is 2. The maximum absolute atomic E-state index is 11.6. The van der Waals surface area contributed by atoms with Gasteiger partial charge in [0, 0.05) is 17.2 Å². The van der Waals surface area contributed by atoms with Crippen LogP contribution in [-0.4, -0.2) is 38.0 Å². The average Bonchev–Trinajstić information content (AvgIpc) is 2.37. The zero-order chi connectivity index (χ0) is 16.2. The first-order chi connectivity index (χ1) is 9.66. The molecule has 0 aliphatic rings. The van der Waals surface area contributed by atoms with Crippen LogP contribution >= 0.6 is 10.7 Å². The summed E-state index contributed by atoms with van der Waals surface area (Å²) in [5, 5.41) is 11.6. The van der Waals surface area contributed by atoms with Crippen molar-refractivity contribution in [1.29, 1.82) is 0 Å². The molecular formula is C12H14ClNO6S. The van der Waals surface area contributed by atoms with Gasteiger partial charge in [-0.25, -0.2) is 13.2 Å². The summed E-state index contributed by atoms with van der Waals surface area (Å²) in [7, 11) is 1.10. The van der Waals surface area contributed by atoms with E-state index in [1.54, 1.807) is 6.92 Å². The predicted octanol–water partition coefficient (Wildman–Crippen LogP) is 1.22. The Bertz CT molecular complexity index is 658. The minimum atomic E-state index is -4.05. The minimum Gasteiger partial charge on any atom is -0.480 e. The normalized spacial score (nSPS) is 12.5. The third-order valence-electron chi connectivity index (χ3n) is 2.49. The third kappa shape index (κ3) is 4.61. The molecule has 0 saturated heterocycles. The van der Waals surface area contributed by atoms with E-state index in [1.165, 1.54) is 6.92 Å². The highest BCUT2D eigenvalue weighted by atomic mass is 35.7. The number of carboxylic acid groups (broad SMARTS) is 1. The molecule has 0 bridgehead atoms. The van der Waals surface area contributed by atoms with Crippen molar-refractivity contribution in [2.45, 2.75) is 24.8 Å². The van der Waals surface area contributed by atoms with Crippen LogP contribution in [0.25, 0.3) is 0 Å². The van der Waals surface area contributed by atoms with Crippen LogP contribution in [0.1, 0.15) is 24.2 Å². The Balaban J connectivity index is 3.13. The SMILES string of the molecule is CCNC(=O)C(C)Oc1ccc(S(=O)(=O)Cl)cc1C(=O)O. The van der Waals surface area contributed by atoms with E-state index in [4.69, 9.17) is 20.5 Å². The van der Waals surface area contributed by atoms with Crippen LogP contribution in [0.3, 0.4) is 0 Å². The molecule has 116 valence electrons. The fourth-order valence-electron chi connectivity index (χ4n) is 1.49. The first kappa shape index (κ1) is 17.3. The van der Waals surface area contributed by atoms with Gasteiger partial charge in [-0.05, 0) is 32.0 Å². The largest absolute Gasteiger partial charge is 0.480 e. The van der Waals surface area contributed by atoms with E-state index >= 15 is 0 Å². The van der Waals surface area contributed by atoms with E-state index in [1.807, 2.05) is 0 Å². The standard InChI is InChI=1S/C12H14ClNO6S/c1-3-14-11(15)7(2)20-10-5-4-8(21(13,18)19)6-9(10)12(16)17/h4-7H,3H2,1-2H3,(H,14,15)(H,16,17). The molecule has 1 rings (SSSR count). The van der Waals surface area contributed by atoms with Crippen LogP contribution in [0, 0.1) is 0 Å². The van der Waals surface area contributed by atoms with Crippen LogP contribution in [0.5, 0.6) is 5.75 Å². The van der Waals surface area contributed by atoms with E-state index in [0.717, 1.165) is 18.2 Å². The molecule has 21 heavy (non-hydrogen) atoms. The molecule has 0 aromatic heterocycles. The van der Waals surface area contributed by atoms with Crippen LogP contribution in [0.15, 0.2) is 23.1 Å². The highest BCUT2D eigenvalue weighted by molar-refractivity contribution is 8.13. The summed E-state index contributed by atoms with van der Waals surface area (Å²) in [5.74, 6) is -1.93. The van der Waals surface area contributed by atoms with Crippen molar-refractivity contribution in [3.63, 3.8) is 0 Å². The molecule has 1 aromatic rings. The lowest BCUT2D eigenvalue weighted by atomic mass is 10.2. The number of aromatic carboxylic acids is 1. The van der Waals surface area contributed by atoms with E-state index in [-0.39, 0.29) is 10.6 Å². The number of carboxylic acids is 1. The molecule has 0 spiro atoms. The zero-order valence-corrected chi connectivity index (χ0v) is 12.9. The third-order valence-corrected chi connectivity index (χ3v) is 3.84. The number of ether oxygens (including phenoxy) is 1.